The molecule has 0 N–H and O–H groups in total. The summed E-state index contributed by atoms with van der Waals surface area (Å²) in [5.41, 5.74) is 0.743. The van der Waals surface area contributed by atoms with E-state index in [1.54, 1.807) is 11.0 Å². The number of para-hydroxylation sites is 1. The van der Waals surface area contributed by atoms with Crippen LogP contribution in [-0.4, -0.2) is 72.3 Å². The third-order valence-corrected chi connectivity index (χ3v) is 6.06. The van der Waals surface area contributed by atoms with E-state index in [1.165, 1.54) is 19.1 Å². The van der Waals surface area contributed by atoms with Crippen molar-refractivity contribution < 1.29 is 18.7 Å². The molecule has 4 rings (SSSR count). The number of furan rings is 1. The van der Waals surface area contributed by atoms with E-state index < -0.39 is 0 Å². The zero-order chi connectivity index (χ0) is 21.5. The molecule has 2 aliphatic heterocycles. The molecule has 1 aromatic heterocycles. The molecule has 0 unspecified atom stereocenters. The topological polar surface area (TPSA) is 66.2 Å². The molecule has 31 heavy (non-hydrogen) atoms. The first-order valence-electron chi connectivity index (χ1n) is 11.2. The summed E-state index contributed by atoms with van der Waals surface area (Å²) in [6.07, 6.45) is 6.18. The SMILES string of the molecule is O=C(CN1CCN(C(=O)c2occc2COc2ccccc2)CC1)N1CCCCCC1. The maximum atomic E-state index is 13.0. The first-order chi connectivity index (χ1) is 15.2. The van der Waals surface area contributed by atoms with Gasteiger partial charge in [0.2, 0.25) is 5.91 Å². The van der Waals surface area contributed by atoms with E-state index in [9.17, 15) is 9.59 Å². The molecule has 2 aromatic rings. The fourth-order valence-electron chi connectivity index (χ4n) is 4.18. The average molecular weight is 426 g/mol. The van der Waals surface area contributed by atoms with Crippen LogP contribution in [0, 0.1) is 0 Å². The van der Waals surface area contributed by atoms with Gasteiger partial charge in [-0.25, -0.2) is 0 Å². The first-order valence-corrected chi connectivity index (χ1v) is 11.2. The number of rotatable bonds is 6. The Morgan fingerprint density at radius 2 is 1.55 bits per heavy atom. The second kappa shape index (κ2) is 10.5. The number of carbonyl (C=O) groups excluding carboxylic acids is 2. The largest absolute Gasteiger partial charge is 0.489 e. The fourth-order valence-corrected chi connectivity index (χ4v) is 4.18. The minimum absolute atomic E-state index is 0.116. The van der Waals surface area contributed by atoms with Crippen molar-refractivity contribution in [3.63, 3.8) is 0 Å². The van der Waals surface area contributed by atoms with Gasteiger partial charge in [-0.3, -0.25) is 14.5 Å². The van der Waals surface area contributed by atoms with Gasteiger partial charge in [0.1, 0.15) is 12.4 Å². The van der Waals surface area contributed by atoms with Crippen LogP contribution in [0.3, 0.4) is 0 Å². The maximum absolute atomic E-state index is 13.0. The van der Waals surface area contributed by atoms with Gasteiger partial charge in [0.15, 0.2) is 5.76 Å². The Bertz CT molecular complexity index is 851. The number of carbonyl (C=O) groups is 2. The van der Waals surface area contributed by atoms with Gasteiger partial charge in [0, 0.05) is 44.8 Å². The lowest BCUT2D eigenvalue weighted by Crippen LogP contribution is -2.51. The van der Waals surface area contributed by atoms with E-state index in [2.05, 4.69) is 4.90 Å². The zero-order valence-corrected chi connectivity index (χ0v) is 18.0. The van der Waals surface area contributed by atoms with Crippen LogP contribution >= 0.6 is 0 Å². The van der Waals surface area contributed by atoms with Crippen molar-refractivity contribution in [2.45, 2.75) is 32.3 Å². The van der Waals surface area contributed by atoms with Crippen molar-refractivity contribution >= 4 is 11.8 Å². The second-order valence-corrected chi connectivity index (χ2v) is 8.24. The van der Waals surface area contributed by atoms with Crippen molar-refractivity contribution in [2.24, 2.45) is 0 Å². The average Bonchev–Trinajstić information content (AvgIpc) is 3.10. The molecule has 0 aliphatic carbocycles. The molecule has 7 heteroatoms. The molecule has 0 atom stereocenters. The minimum Gasteiger partial charge on any atom is -0.489 e. The summed E-state index contributed by atoms with van der Waals surface area (Å²) in [6, 6.07) is 11.3. The molecule has 0 spiro atoms. The van der Waals surface area contributed by atoms with Gasteiger partial charge >= 0.3 is 0 Å². The number of piperazine rings is 1. The molecule has 2 amide bonds. The lowest BCUT2D eigenvalue weighted by atomic mass is 10.2. The number of benzene rings is 1. The monoisotopic (exact) mass is 425 g/mol. The Hall–Kier alpha value is -2.80. The number of hydrogen-bond acceptors (Lipinski definition) is 5. The highest BCUT2D eigenvalue weighted by Crippen LogP contribution is 2.18. The van der Waals surface area contributed by atoms with Gasteiger partial charge in [-0.15, -0.1) is 0 Å². The summed E-state index contributed by atoms with van der Waals surface area (Å²) in [5, 5.41) is 0. The van der Waals surface area contributed by atoms with Gasteiger partial charge in [-0.2, -0.15) is 0 Å². The highest BCUT2D eigenvalue weighted by Gasteiger charge is 2.28. The summed E-state index contributed by atoms with van der Waals surface area (Å²) >= 11 is 0. The number of amides is 2. The summed E-state index contributed by atoms with van der Waals surface area (Å²) in [6.45, 7) is 5.05. The van der Waals surface area contributed by atoms with Gasteiger partial charge in [0.25, 0.3) is 5.91 Å². The van der Waals surface area contributed by atoms with E-state index in [1.807, 2.05) is 35.2 Å². The van der Waals surface area contributed by atoms with Crippen LogP contribution in [-0.2, 0) is 11.4 Å². The third kappa shape index (κ3) is 5.67. The van der Waals surface area contributed by atoms with Crippen molar-refractivity contribution in [1.82, 2.24) is 14.7 Å². The van der Waals surface area contributed by atoms with Gasteiger partial charge < -0.3 is 19.0 Å². The van der Waals surface area contributed by atoms with Crippen LogP contribution in [0.4, 0.5) is 0 Å². The highest BCUT2D eigenvalue weighted by molar-refractivity contribution is 5.93. The van der Waals surface area contributed by atoms with Gasteiger partial charge in [-0.1, -0.05) is 31.0 Å². The highest BCUT2D eigenvalue weighted by atomic mass is 16.5. The number of likely N-dealkylation sites (tertiary alicyclic amines) is 1. The Morgan fingerprint density at radius 1 is 0.839 bits per heavy atom. The van der Waals surface area contributed by atoms with Crippen molar-refractivity contribution in [3.8, 4) is 5.75 Å². The smallest absolute Gasteiger partial charge is 0.290 e. The first kappa shape index (κ1) is 21.4. The third-order valence-electron chi connectivity index (χ3n) is 6.06. The van der Waals surface area contributed by atoms with Crippen LogP contribution in [0.15, 0.2) is 47.1 Å². The molecule has 2 fully saturated rings. The van der Waals surface area contributed by atoms with Crippen LogP contribution in [0.2, 0.25) is 0 Å². The Balaban J connectivity index is 1.27. The van der Waals surface area contributed by atoms with Gasteiger partial charge in [0.05, 0.1) is 12.8 Å². The van der Waals surface area contributed by atoms with Crippen LogP contribution in [0.1, 0.15) is 41.8 Å². The molecule has 0 radical (unpaired) electrons. The van der Waals surface area contributed by atoms with E-state index in [0.29, 0.717) is 38.5 Å². The molecule has 166 valence electrons. The summed E-state index contributed by atoms with van der Waals surface area (Å²) in [5.74, 6) is 1.19. The van der Waals surface area contributed by atoms with Crippen molar-refractivity contribution in [2.75, 3.05) is 45.8 Å². The molecular formula is C24H31N3O4. The molecule has 0 bridgehead atoms. The summed E-state index contributed by atoms with van der Waals surface area (Å²) < 4.78 is 11.3. The second-order valence-electron chi connectivity index (χ2n) is 8.24. The van der Waals surface area contributed by atoms with E-state index in [0.717, 1.165) is 37.2 Å². The Kier molecular flexibility index (Phi) is 7.25. The maximum Gasteiger partial charge on any atom is 0.290 e. The molecule has 2 aliphatic rings. The normalized spacial score (nSPS) is 17.9. The van der Waals surface area contributed by atoms with E-state index >= 15 is 0 Å². The van der Waals surface area contributed by atoms with E-state index in [-0.39, 0.29) is 18.4 Å². The molecule has 1 aromatic carbocycles. The Morgan fingerprint density at radius 3 is 2.26 bits per heavy atom. The summed E-state index contributed by atoms with van der Waals surface area (Å²) in [4.78, 5) is 31.6. The molecule has 3 heterocycles. The van der Waals surface area contributed by atoms with Crippen LogP contribution < -0.4 is 4.74 Å². The number of ether oxygens (including phenoxy) is 1. The van der Waals surface area contributed by atoms with Crippen LogP contribution in [0.25, 0.3) is 0 Å². The van der Waals surface area contributed by atoms with Crippen molar-refractivity contribution in [1.29, 1.82) is 0 Å². The predicted molar refractivity (Wildman–Crippen MR) is 117 cm³/mol. The van der Waals surface area contributed by atoms with Crippen LogP contribution in [0.5, 0.6) is 5.75 Å². The quantitative estimate of drug-likeness (QED) is 0.712. The Labute approximate surface area is 183 Å². The number of hydrogen-bond donors (Lipinski definition) is 0. The van der Waals surface area contributed by atoms with E-state index in [4.69, 9.17) is 9.15 Å². The lowest BCUT2D eigenvalue weighted by molar-refractivity contribution is -0.132. The van der Waals surface area contributed by atoms with Gasteiger partial charge in [-0.05, 0) is 31.0 Å². The standard InChI is InChI=1S/C24H31N3O4/c28-22(26-11-6-1-2-7-12-26)18-25-13-15-27(16-14-25)24(29)23-20(10-17-30-23)19-31-21-8-4-3-5-9-21/h3-5,8-10,17H,1-2,6-7,11-16,18-19H2. The van der Waals surface area contributed by atoms with Crippen molar-refractivity contribution in [3.05, 3.63) is 54.0 Å². The fraction of sp³-hybridized carbons (Fsp3) is 0.500. The molecule has 0 saturated carbocycles. The minimum atomic E-state index is -0.116. The lowest BCUT2D eigenvalue weighted by Gasteiger charge is -2.35. The number of nitrogens with zero attached hydrogens (tertiary/aromatic N) is 3. The predicted octanol–water partition coefficient (Wildman–Crippen LogP) is 3.02. The molecule has 7 nitrogen and oxygen atoms in total. The zero-order valence-electron chi connectivity index (χ0n) is 18.0. The molecule has 2 saturated heterocycles. The summed E-state index contributed by atoms with van der Waals surface area (Å²) in [7, 11) is 0. The molecular weight excluding hydrogens is 394 g/mol.